The van der Waals surface area contributed by atoms with Crippen LogP contribution in [0.4, 0.5) is 11.4 Å². The number of benzene rings is 2. The molecule has 24 heavy (non-hydrogen) atoms. The predicted octanol–water partition coefficient (Wildman–Crippen LogP) is 4.20. The van der Waals surface area contributed by atoms with Crippen LogP contribution in [0.5, 0.6) is 5.75 Å². The topological polar surface area (TPSA) is 92.5 Å². The average molecular weight is 328 g/mol. The van der Waals surface area contributed by atoms with E-state index < -0.39 is 10.8 Å². The average Bonchev–Trinajstić information content (AvgIpc) is 2.53. The largest absolute Gasteiger partial charge is 0.507 e. The molecule has 0 spiro atoms. The fourth-order valence-corrected chi connectivity index (χ4v) is 2.44. The van der Waals surface area contributed by atoms with Gasteiger partial charge in [-0.3, -0.25) is 14.9 Å². The van der Waals surface area contributed by atoms with Gasteiger partial charge >= 0.3 is 0 Å². The van der Waals surface area contributed by atoms with E-state index in [-0.39, 0.29) is 17.0 Å². The normalized spacial score (nSPS) is 10.4. The molecule has 0 heterocycles. The van der Waals surface area contributed by atoms with Crippen molar-refractivity contribution in [3.05, 3.63) is 63.2 Å². The zero-order chi connectivity index (χ0) is 17.7. The third-order valence-electron chi connectivity index (χ3n) is 3.78. The highest BCUT2D eigenvalue weighted by atomic mass is 16.6. The van der Waals surface area contributed by atoms with Crippen molar-refractivity contribution in [1.29, 1.82) is 0 Å². The highest BCUT2D eigenvalue weighted by Gasteiger charge is 2.15. The Kier molecular flexibility index (Phi) is 5.52. The molecule has 0 aromatic heterocycles. The number of carbonyl (C=O) groups excluding carboxylic acids is 1. The standard InChI is InChI=1S/C18H20N2O4/c1-3-4-5-13-6-9-17(21)15(11-13)18(22)19-14-7-8-16(20(23)24)12(2)10-14/h6-11,21H,3-5H2,1-2H3,(H,19,22). The van der Waals surface area contributed by atoms with Crippen LogP contribution >= 0.6 is 0 Å². The van der Waals surface area contributed by atoms with E-state index in [1.54, 1.807) is 19.1 Å². The number of anilines is 1. The number of hydrogen-bond acceptors (Lipinski definition) is 4. The molecule has 2 rings (SSSR count). The van der Waals surface area contributed by atoms with Crippen molar-refractivity contribution in [3.63, 3.8) is 0 Å². The summed E-state index contributed by atoms with van der Waals surface area (Å²) >= 11 is 0. The van der Waals surface area contributed by atoms with Crippen LogP contribution in [0, 0.1) is 17.0 Å². The number of unbranched alkanes of at least 4 members (excludes halogenated alkanes) is 1. The Bertz CT molecular complexity index is 772. The quantitative estimate of drug-likeness (QED) is 0.614. The number of aromatic hydroxyl groups is 1. The lowest BCUT2D eigenvalue weighted by Crippen LogP contribution is -2.12. The van der Waals surface area contributed by atoms with Crippen molar-refractivity contribution in [2.24, 2.45) is 0 Å². The number of phenolic OH excluding ortho intramolecular Hbond substituents is 1. The highest BCUT2D eigenvalue weighted by Crippen LogP contribution is 2.24. The summed E-state index contributed by atoms with van der Waals surface area (Å²) in [7, 11) is 0. The number of hydrogen-bond donors (Lipinski definition) is 2. The number of phenols is 1. The van der Waals surface area contributed by atoms with Crippen molar-refractivity contribution >= 4 is 17.3 Å². The Morgan fingerprint density at radius 2 is 2.00 bits per heavy atom. The Morgan fingerprint density at radius 1 is 1.25 bits per heavy atom. The first-order valence-corrected chi connectivity index (χ1v) is 7.80. The molecule has 0 aliphatic rings. The molecule has 0 radical (unpaired) electrons. The van der Waals surface area contributed by atoms with Gasteiger partial charge in [0.05, 0.1) is 10.5 Å². The first-order chi connectivity index (χ1) is 11.4. The Labute approximate surface area is 140 Å². The minimum Gasteiger partial charge on any atom is -0.507 e. The van der Waals surface area contributed by atoms with Crippen molar-refractivity contribution in [3.8, 4) is 5.75 Å². The van der Waals surface area contributed by atoms with Crippen LogP contribution in [-0.2, 0) is 6.42 Å². The van der Waals surface area contributed by atoms with E-state index in [2.05, 4.69) is 12.2 Å². The number of carbonyl (C=O) groups is 1. The number of nitrogens with zero attached hydrogens (tertiary/aromatic N) is 1. The minimum absolute atomic E-state index is 0.00240. The van der Waals surface area contributed by atoms with E-state index in [4.69, 9.17) is 0 Å². The van der Waals surface area contributed by atoms with Gasteiger partial charge in [0.15, 0.2) is 0 Å². The summed E-state index contributed by atoms with van der Waals surface area (Å²) in [4.78, 5) is 22.7. The van der Waals surface area contributed by atoms with E-state index in [1.165, 1.54) is 24.3 Å². The second-order valence-corrected chi connectivity index (χ2v) is 5.67. The Morgan fingerprint density at radius 3 is 2.62 bits per heavy atom. The summed E-state index contributed by atoms with van der Waals surface area (Å²) in [6.07, 6.45) is 2.89. The second-order valence-electron chi connectivity index (χ2n) is 5.67. The van der Waals surface area contributed by atoms with Crippen molar-refractivity contribution in [2.75, 3.05) is 5.32 Å². The van der Waals surface area contributed by atoms with Crippen LogP contribution in [0.1, 0.15) is 41.3 Å². The molecule has 126 valence electrons. The van der Waals surface area contributed by atoms with Gasteiger partial charge in [-0.05, 0) is 49.6 Å². The van der Waals surface area contributed by atoms with Crippen LogP contribution in [0.15, 0.2) is 36.4 Å². The molecule has 2 aromatic rings. The molecule has 6 nitrogen and oxygen atoms in total. The van der Waals surface area contributed by atoms with Gasteiger partial charge in [-0.15, -0.1) is 0 Å². The third-order valence-corrected chi connectivity index (χ3v) is 3.78. The molecule has 0 aliphatic heterocycles. The molecule has 0 saturated heterocycles. The lowest BCUT2D eigenvalue weighted by Gasteiger charge is -2.09. The molecule has 0 saturated carbocycles. The van der Waals surface area contributed by atoms with Crippen LogP contribution < -0.4 is 5.32 Å². The van der Waals surface area contributed by atoms with E-state index in [0.717, 1.165) is 24.8 Å². The van der Waals surface area contributed by atoms with Crippen LogP contribution in [0.2, 0.25) is 0 Å². The van der Waals surface area contributed by atoms with Gasteiger partial charge < -0.3 is 10.4 Å². The number of rotatable bonds is 6. The monoisotopic (exact) mass is 328 g/mol. The van der Waals surface area contributed by atoms with Gasteiger partial charge in [-0.25, -0.2) is 0 Å². The molecule has 0 bridgehead atoms. The van der Waals surface area contributed by atoms with Crippen LogP contribution in [0.3, 0.4) is 0 Å². The van der Waals surface area contributed by atoms with Gasteiger partial charge in [0.25, 0.3) is 11.6 Å². The summed E-state index contributed by atoms with van der Waals surface area (Å²) in [5.41, 5.74) is 2.08. The molecule has 2 aromatic carbocycles. The molecular weight excluding hydrogens is 308 g/mol. The lowest BCUT2D eigenvalue weighted by atomic mass is 10.0. The molecule has 6 heteroatoms. The van der Waals surface area contributed by atoms with Gasteiger partial charge in [0.1, 0.15) is 5.75 Å². The maximum absolute atomic E-state index is 12.4. The summed E-state index contributed by atoms with van der Waals surface area (Å²) in [5.74, 6) is -0.537. The first kappa shape index (κ1) is 17.5. The predicted molar refractivity (Wildman–Crippen MR) is 92.5 cm³/mol. The number of nitro groups is 1. The number of nitro benzene ring substituents is 1. The molecule has 1 amide bonds. The maximum Gasteiger partial charge on any atom is 0.272 e. The van der Waals surface area contributed by atoms with Crippen LogP contribution in [-0.4, -0.2) is 15.9 Å². The van der Waals surface area contributed by atoms with Crippen molar-refractivity contribution in [1.82, 2.24) is 0 Å². The zero-order valence-electron chi connectivity index (χ0n) is 13.7. The fraction of sp³-hybridized carbons (Fsp3) is 0.278. The van der Waals surface area contributed by atoms with Crippen molar-refractivity contribution < 1.29 is 14.8 Å². The number of amides is 1. The first-order valence-electron chi connectivity index (χ1n) is 7.80. The third kappa shape index (κ3) is 4.10. The molecular formula is C18H20N2O4. The van der Waals surface area contributed by atoms with E-state index in [9.17, 15) is 20.0 Å². The van der Waals surface area contributed by atoms with Crippen molar-refractivity contribution in [2.45, 2.75) is 33.1 Å². The molecule has 0 unspecified atom stereocenters. The molecule has 0 atom stereocenters. The Balaban J connectivity index is 2.20. The number of aryl methyl sites for hydroxylation is 2. The van der Waals surface area contributed by atoms with Gasteiger partial charge in [0, 0.05) is 17.3 Å². The summed E-state index contributed by atoms with van der Waals surface area (Å²) in [6, 6.07) is 9.36. The molecule has 0 aliphatic carbocycles. The molecule has 0 fully saturated rings. The SMILES string of the molecule is CCCCc1ccc(O)c(C(=O)Nc2ccc([N+](=O)[O-])c(C)c2)c1. The smallest absolute Gasteiger partial charge is 0.272 e. The highest BCUT2D eigenvalue weighted by molar-refractivity contribution is 6.06. The van der Waals surface area contributed by atoms with Crippen LogP contribution in [0.25, 0.3) is 0 Å². The second kappa shape index (κ2) is 7.59. The van der Waals surface area contributed by atoms with Gasteiger partial charge in [0.2, 0.25) is 0 Å². The van der Waals surface area contributed by atoms with E-state index in [1.807, 2.05) is 0 Å². The molecule has 2 N–H and O–H groups in total. The summed E-state index contributed by atoms with van der Waals surface area (Å²) < 4.78 is 0. The zero-order valence-corrected chi connectivity index (χ0v) is 13.7. The summed E-state index contributed by atoms with van der Waals surface area (Å²) in [5, 5.41) is 23.4. The van der Waals surface area contributed by atoms with Gasteiger partial charge in [-0.1, -0.05) is 19.4 Å². The minimum atomic E-state index is -0.468. The summed E-state index contributed by atoms with van der Waals surface area (Å²) in [6.45, 7) is 3.70. The lowest BCUT2D eigenvalue weighted by molar-refractivity contribution is -0.385. The number of nitrogens with one attached hydrogen (secondary N) is 1. The maximum atomic E-state index is 12.4. The van der Waals surface area contributed by atoms with E-state index in [0.29, 0.717) is 11.3 Å². The van der Waals surface area contributed by atoms with E-state index >= 15 is 0 Å². The Hall–Kier alpha value is -2.89. The fourth-order valence-electron chi connectivity index (χ4n) is 2.44. The van der Waals surface area contributed by atoms with Gasteiger partial charge in [-0.2, -0.15) is 0 Å².